The number of aromatic nitrogens is 2. The topological polar surface area (TPSA) is 107 Å². The largest absolute Gasteiger partial charge is 0.397 e. The Morgan fingerprint density at radius 2 is 1.97 bits per heavy atom. The molecule has 0 bridgehead atoms. The number of ketones is 1. The molecule has 0 spiro atoms. The number of Topliss-reactive ketones (excluding diaryl/α,β-unsaturated/α-hetero) is 1. The first-order valence-electron chi connectivity index (χ1n) is 10.4. The van der Waals surface area contributed by atoms with Gasteiger partial charge in [0.25, 0.3) is 0 Å². The third kappa shape index (κ3) is 4.73. The molecule has 1 saturated heterocycles. The number of nitrogens with zero attached hydrogens (tertiary/aromatic N) is 3. The Kier molecular flexibility index (Phi) is 6.25. The first-order valence-corrected chi connectivity index (χ1v) is 10.4. The van der Waals surface area contributed by atoms with Crippen molar-refractivity contribution in [2.45, 2.75) is 25.0 Å². The summed E-state index contributed by atoms with van der Waals surface area (Å²) in [7, 11) is 1.70. The molecular formula is C24H27N5O2. The molecule has 4 N–H and O–H groups in total. The van der Waals surface area contributed by atoms with Gasteiger partial charge < -0.3 is 21.1 Å². The smallest absolute Gasteiger partial charge is 0.187 e. The normalized spacial score (nSPS) is 18.7. The highest BCUT2D eigenvalue weighted by Crippen LogP contribution is 2.27. The Labute approximate surface area is 182 Å². The van der Waals surface area contributed by atoms with E-state index in [1.807, 2.05) is 42.5 Å². The van der Waals surface area contributed by atoms with E-state index in [0.29, 0.717) is 12.2 Å². The minimum absolute atomic E-state index is 0.00952. The molecular weight excluding hydrogens is 390 g/mol. The standard InChI is InChI=1S/C24H27N5O2/c1-31-19-12-18(25)14-29(15-19)22-9-10-27-13-17(22)11-23(30)24-20(26)7-8-21(28-24)16-5-3-2-4-6-16/h2-10,13,18-19H,11-12,14-15,25-26H2,1H3/t18-,19+/m0/s1. The number of rotatable bonds is 6. The van der Waals surface area contributed by atoms with Crippen LogP contribution < -0.4 is 16.4 Å². The molecule has 3 heterocycles. The number of piperidine rings is 1. The number of hydrogen-bond donors (Lipinski definition) is 2. The summed E-state index contributed by atoms with van der Waals surface area (Å²) in [6, 6.07) is 15.2. The molecule has 1 aliphatic heterocycles. The molecule has 4 rings (SSSR count). The Hall–Kier alpha value is -3.29. The maximum atomic E-state index is 13.2. The van der Waals surface area contributed by atoms with Gasteiger partial charge in [-0.25, -0.2) is 4.98 Å². The molecule has 2 atom stereocenters. The van der Waals surface area contributed by atoms with Crippen LogP contribution in [-0.2, 0) is 11.2 Å². The molecule has 160 valence electrons. The van der Waals surface area contributed by atoms with Crippen LogP contribution in [-0.4, -0.2) is 48.1 Å². The summed E-state index contributed by atoms with van der Waals surface area (Å²) in [4.78, 5) is 24.2. The predicted octanol–water partition coefficient (Wildman–Crippen LogP) is 2.70. The average Bonchev–Trinajstić information content (AvgIpc) is 2.79. The van der Waals surface area contributed by atoms with E-state index in [9.17, 15) is 4.79 Å². The van der Waals surface area contributed by atoms with Gasteiger partial charge in [0.05, 0.1) is 17.5 Å². The number of nitrogens with two attached hydrogens (primary N) is 2. The van der Waals surface area contributed by atoms with Crippen molar-refractivity contribution in [1.29, 1.82) is 0 Å². The quantitative estimate of drug-likeness (QED) is 0.594. The molecule has 0 saturated carbocycles. The van der Waals surface area contributed by atoms with E-state index in [2.05, 4.69) is 14.9 Å². The Morgan fingerprint density at radius 1 is 1.16 bits per heavy atom. The number of methoxy groups -OCH3 is 1. The van der Waals surface area contributed by atoms with Crippen LogP contribution in [0.2, 0.25) is 0 Å². The van der Waals surface area contributed by atoms with Crippen molar-refractivity contribution in [3.8, 4) is 11.3 Å². The fraction of sp³-hybridized carbons (Fsp3) is 0.292. The lowest BCUT2D eigenvalue weighted by Gasteiger charge is -2.37. The summed E-state index contributed by atoms with van der Waals surface area (Å²) in [6.07, 6.45) is 4.49. The molecule has 0 aliphatic carbocycles. The van der Waals surface area contributed by atoms with Gasteiger partial charge in [-0.05, 0) is 24.6 Å². The maximum Gasteiger partial charge on any atom is 0.187 e. The minimum Gasteiger partial charge on any atom is -0.397 e. The first-order chi connectivity index (χ1) is 15.0. The highest BCUT2D eigenvalue weighted by Gasteiger charge is 2.27. The lowest BCUT2D eigenvalue weighted by Crippen LogP contribution is -2.50. The van der Waals surface area contributed by atoms with E-state index in [1.165, 1.54) is 0 Å². The van der Waals surface area contributed by atoms with Gasteiger partial charge >= 0.3 is 0 Å². The lowest BCUT2D eigenvalue weighted by molar-refractivity contribution is 0.0835. The SMILES string of the molecule is CO[C@@H]1C[C@H](N)CN(c2ccncc2CC(=O)c2nc(-c3ccccc3)ccc2N)C1. The van der Waals surface area contributed by atoms with Crippen molar-refractivity contribution in [2.75, 3.05) is 30.8 Å². The van der Waals surface area contributed by atoms with Crippen molar-refractivity contribution in [2.24, 2.45) is 5.73 Å². The minimum atomic E-state index is -0.144. The van der Waals surface area contributed by atoms with Crippen molar-refractivity contribution in [3.05, 3.63) is 72.2 Å². The van der Waals surface area contributed by atoms with E-state index in [-0.39, 0.29) is 30.0 Å². The van der Waals surface area contributed by atoms with Crippen molar-refractivity contribution >= 4 is 17.2 Å². The van der Waals surface area contributed by atoms with Gasteiger partial charge in [-0.3, -0.25) is 9.78 Å². The molecule has 0 unspecified atom stereocenters. The average molecular weight is 418 g/mol. The zero-order valence-electron chi connectivity index (χ0n) is 17.6. The van der Waals surface area contributed by atoms with Gasteiger partial charge in [0.15, 0.2) is 5.78 Å². The number of hydrogen-bond acceptors (Lipinski definition) is 7. The fourth-order valence-electron chi connectivity index (χ4n) is 4.04. The van der Waals surface area contributed by atoms with E-state index >= 15 is 0 Å². The van der Waals surface area contributed by atoms with Crippen LogP contribution in [0.4, 0.5) is 11.4 Å². The highest BCUT2D eigenvalue weighted by atomic mass is 16.5. The second-order valence-corrected chi connectivity index (χ2v) is 7.86. The third-order valence-corrected chi connectivity index (χ3v) is 5.61. The summed E-state index contributed by atoms with van der Waals surface area (Å²) < 4.78 is 5.54. The van der Waals surface area contributed by atoms with Crippen molar-refractivity contribution in [3.63, 3.8) is 0 Å². The third-order valence-electron chi connectivity index (χ3n) is 5.61. The molecule has 1 aliphatic rings. The number of nitrogen functional groups attached to an aromatic ring is 1. The Morgan fingerprint density at radius 3 is 2.74 bits per heavy atom. The summed E-state index contributed by atoms with van der Waals surface area (Å²) in [5, 5.41) is 0. The highest BCUT2D eigenvalue weighted by molar-refractivity contribution is 6.01. The molecule has 7 heteroatoms. The summed E-state index contributed by atoms with van der Waals surface area (Å²) in [5.74, 6) is -0.144. The van der Waals surface area contributed by atoms with Gasteiger partial charge in [0.1, 0.15) is 5.69 Å². The van der Waals surface area contributed by atoms with Crippen LogP contribution in [0.5, 0.6) is 0 Å². The Bertz CT molecular complexity index is 1060. The number of pyridine rings is 2. The molecule has 0 radical (unpaired) electrons. The number of benzene rings is 1. The molecule has 1 aromatic carbocycles. The fourth-order valence-corrected chi connectivity index (χ4v) is 4.04. The summed E-state index contributed by atoms with van der Waals surface area (Å²) in [6.45, 7) is 1.42. The summed E-state index contributed by atoms with van der Waals surface area (Å²) >= 11 is 0. The van der Waals surface area contributed by atoms with Gasteiger partial charge in [-0.1, -0.05) is 30.3 Å². The van der Waals surface area contributed by atoms with E-state index < -0.39 is 0 Å². The van der Waals surface area contributed by atoms with Gasteiger partial charge in [0.2, 0.25) is 0 Å². The summed E-state index contributed by atoms with van der Waals surface area (Å²) in [5.41, 5.74) is 16.4. The van der Waals surface area contributed by atoms with Crippen LogP contribution in [0.1, 0.15) is 22.5 Å². The monoisotopic (exact) mass is 417 g/mol. The van der Waals surface area contributed by atoms with Gasteiger partial charge in [0, 0.05) is 61.9 Å². The molecule has 2 aromatic heterocycles. The van der Waals surface area contributed by atoms with E-state index in [4.69, 9.17) is 16.2 Å². The number of anilines is 2. The number of carbonyl (C=O) groups is 1. The maximum absolute atomic E-state index is 13.2. The molecule has 1 fully saturated rings. The Balaban J connectivity index is 1.60. The van der Waals surface area contributed by atoms with Crippen molar-refractivity contribution in [1.82, 2.24) is 9.97 Å². The number of carbonyl (C=O) groups excluding carboxylic acids is 1. The van der Waals surface area contributed by atoms with Crippen LogP contribution in [0, 0.1) is 0 Å². The second-order valence-electron chi connectivity index (χ2n) is 7.86. The van der Waals surface area contributed by atoms with Gasteiger partial charge in [-0.15, -0.1) is 0 Å². The van der Waals surface area contributed by atoms with Crippen LogP contribution >= 0.6 is 0 Å². The molecule has 0 amide bonds. The van der Waals surface area contributed by atoms with Crippen molar-refractivity contribution < 1.29 is 9.53 Å². The zero-order chi connectivity index (χ0) is 21.8. The molecule has 3 aromatic rings. The van der Waals surface area contributed by atoms with E-state index in [0.717, 1.165) is 35.5 Å². The van der Waals surface area contributed by atoms with E-state index in [1.54, 1.807) is 25.6 Å². The lowest BCUT2D eigenvalue weighted by atomic mass is 10.00. The molecule has 31 heavy (non-hydrogen) atoms. The molecule has 7 nitrogen and oxygen atoms in total. The number of ether oxygens (including phenoxy) is 1. The van der Waals surface area contributed by atoms with Crippen LogP contribution in [0.15, 0.2) is 60.9 Å². The van der Waals surface area contributed by atoms with Gasteiger partial charge in [-0.2, -0.15) is 0 Å². The van der Waals surface area contributed by atoms with Crippen LogP contribution in [0.25, 0.3) is 11.3 Å². The zero-order valence-corrected chi connectivity index (χ0v) is 17.6. The van der Waals surface area contributed by atoms with Crippen LogP contribution in [0.3, 0.4) is 0 Å². The first kappa shape index (κ1) is 21.0. The second kappa shape index (κ2) is 9.24. The predicted molar refractivity (Wildman–Crippen MR) is 122 cm³/mol.